The Morgan fingerprint density at radius 2 is 1.72 bits per heavy atom. The number of fused-ring (bicyclic) bond motifs is 2. The fraction of sp³-hybridized carbons (Fsp3) is 0.531. The fourth-order valence-corrected chi connectivity index (χ4v) is 11.6. The maximum atomic E-state index is 13.3. The van der Waals surface area contributed by atoms with Crippen LogP contribution in [-0.2, 0) is 20.9 Å². The van der Waals surface area contributed by atoms with Crippen molar-refractivity contribution in [3.05, 3.63) is 75.2 Å². The molecule has 4 aromatic rings. The molecule has 8 heterocycles. The second kappa shape index (κ2) is 18.4. The van der Waals surface area contributed by atoms with Crippen molar-refractivity contribution in [2.75, 3.05) is 87.7 Å². The van der Waals surface area contributed by atoms with Gasteiger partial charge >= 0.3 is 0 Å². The van der Waals surface area contributed by atoms with E-state index >= 15 is 0 Å². The highest BCUT2D eigenvalue weighted by atomic mass is 35.5. The van der Waals surface area contributed by atoms with Crippen LogP contribution in [0.2, 0.25) is 5.02 Å². The number of benzene rings is 2. The molecular weight excluding hydrogens is 874 g/mol. The summed E-state index contributed by atoms with van der Waals surface area (Å²) in [5.74, 6) is 0.827. The number of piperidine rings is 3. The van der Waals surface area contributed by atoms with Crippen LogP contribution in [0.3, 0.4) is 0 Å². The van der Waals surface area contributed by atoms with Crippen LogP contribution in [0.25, 0.3) is 10.9 Å². The smallest absolute Gasteiger partial charge is 0.293 e. The van der Waals surface area contributed by atoms with Gasteiger partial charge in [-0.15, -0.1) is 0 Å². The maximum absolute atomic E-state index is 13.3. The third kappa shape index (κ3) is 9.05. The molecule has 0 bridgehead atoms. The van der Waals surface area contributed by atoms with Crippen molar-refractivity contribution in [3.8, 4) is 5.75 Å². The van der Waals surface area contributed by atoms with Gasteiger partial charge in [-0.25, -0.2) is 4.98 Å². The Labute approximate surface area is 395 Å². The van der Waals surface area contributed by atoms with E-state index < -0.39 is 6.04 Å². The van der Waals surface area contributed by atoms with Gasteiger partial charge in [0, 0.05) is 112 Å². The number of rotatable bonds is 12. The Balaban J connectivity index is 0.684. The van der Waals surface area contributed by atoms with Gasteiger partial charge in [-0.1, -0.05) is 11.6 Å². The largest absolute Gasteiger partial charge is 0.478 e. The Hall–Kier alpha value is -5.78. The number of amides is 4. The number of nitrogens with zero attached hydrogens (tertiary/aromatic N) is 8. The number of halogens is 1. The summed E-state index contributed by atoms with van der Waals surface area (Å²) in [6, 6.07) is 13.3. The zero-order chi connectivity index (χ0) is 46.6. The average Bonchev–Trinajstić information content (AvgIpc) is 3.90. The van der Waals surface area contributed by atoms with Crippen LogP contribution < -0.4 is 36.0 Å². The zero-order valence-electron chi connectivity index (χ0n) is 38.6. The lowest BCUT2D eigenvalue weighted by Gasteiger charge is -2.50. The first-order valence-electron chi connectivity index (χ1n) is 23.9. The van der Waals surface area contributed by atoms with E-state index in [0.717, 1.165) is 92.8 Å². The van der Waals surface area contributed by atoms with Crippen molar-refractivity contribution in [3.63, 3.8) is 0 Å². The highest BCUT2D eigenvalue weighted by Gasteiger charge is 2.49. The molecule has 6 aliphatic heterocycles. The normalized spacial score (nSPS) is 21.6. The summed E-state index contributed by atoms with van der Waals surface area (Å²) in [4.78, 5) is 83.8. The molecule has 10 rings (SSSR count). The number of ether oxygens (including phenoxy) is 1. The summed E-state index contributed by atoms with van der Waals surface area (Å²) in [6.45, 7) is 13.6. The van der Waals surface area contributed by atoms with Gasteiger partial charge in [0.15, 0.2) is 18.2 Å². The molecule has 1 atom stereocenters. The first kappa shape index (κ1) is 45.0. The number of hydrogen-bond acceptors (Lipinski definition) is 13. The van der Waals surface area contributed by atoms with Crippen LogP contribution >= 0.6 is 11.6 Å². The Kier molecular flexibility index (Phi) is 12.3. The van der Waals surface area contributed by atoms with Gasteiger partial charge < -0.3 is 39.5 Å². The van der Waals surface area contributed by atoms with Gasteiger partial charge in [0.2, 0.25) is 17.8 Å². The lowest BCUT2D eigenvalue weighted by molar-refractivity contribution is -0.137. The minimum atomic E-state index is -0.595. The minimum absolute atomic E-state index is 0.106. The molecule has 1 unspecified atom stereocenters. The molecule has 0 saturated carbocycles. The summed E-state index contributed by atoms with van der Waals surface area (Å²) in [5, 5.41) is 9.46. The van der Waals surface area contributed by atoms with Gasteiger partial charge in [0.25, 0.3) is 17.4 Å². The predicted octanol–water partition coefficient (Wildman–Crippen LogP) is 4.55. The molecule has 0 aliphatic carbocycles. The summed E-state index contributed by atoms with van der Waals surface area (Å²) < 4.78 is 7.31. The molecule has 18 heteroatoms. The monoisotopic (exact) mass is 933 g/mol. The van der Waals surface area contributed by atoms with E-state index in [-0.39, 0.29) is 54.0 Å². The number of anilines is 4. The van der Waals surface area contributed by atoms with Gasteiger partial charge in [-0.05, 0) is 113 Å². The SMILES string of the molecule is CNC(=O)COc1cc2cc(Nc3nc(N4CCC(N5CCC6(CN(CC7CCN(c8ccc9c(c8)CN(C8CCC(=O)NC8=O)C9=O)CC7)C6)C5)CC4)ncc3Cl)ccc2n(C(C)C)c1=O. The topological polar surface area (TPSA) is 178 Å². The number of likely N-dealkylation sites (N-methyl/N-ethyl adjacent to an activating group) is 1. The van der Waals surface area contributed by atoms with Crippen LogP contribution in [0.4, 0.5) is 23.1 Å². The maximum Gasteiger partial charge on any atom is 0.293 e. The van der Waals surface area contributed by atoms with E-state index in [4.69, 9.17) is 21.3 Å². The van der Waals surface area contributed by atoms with Gasteiger partial charge in [0.1, 0.15) is 11.1 Å². The molecule has 3 N–H and O–H groups in total. The third-order valence-corrected chi connectivity index (χ3v) is 15.3. The molecule has 354 valence electrons. The van der Waals surface area contributed by atoms with Crippen molar-refractivity contribution in [2.24, 2.45) is 11.3 Å². The van der Waals surface area contributed by atoms with Gasteiger partial charge in [0.05, 0.1) is 11.7 Å². The summed E-state index contributed by atoms with van der Waals surface area (Å²) in [7, 11) is 1.52. The van der Waals surface area contributed by atoms with Crippen molar-refractivity contribution in [1.29, 1.82) is 0 Å². The van der Waals surface area contributed by atoms with Crippen LogP contribution in [0, 0.1) is 11.3 Å². The van der Waals surface area contributed by atoms with E-state index in [1.54, 1.807) is 21.7 Å². The quantitative estimate of drug-likeness (QED) is 0.169. The molecule has 2 aromatic heterocycles. The molecule has 17 nitrogen and oxygen atoms in total. The van der Waals surface area contributed by atoms with Gasteiger partial charge in [-0.3, -0.25) is 34.2 Å². The molecule has 6 aliphatic rings. The highest BCUT2D eigenvalue weighted by Crippen LogP contribution is 2.42. The second-order valence-corrected chi connectivity index (χ2v) is 20.2. The second-order valence-electron chi connectivity index (χ2n) is 19.8. The van der Waals surface area contributed by atoms with Crippen molar-refractivity contribution in [1.82, 2.24) is 39.9 Å². The number of carbonyl (C=O) groups is 4. The fourth-order valence-electron chi connectivity index (χ4n) is 11.5. The first-order valence-corrected chi connectivity index (χ1v) is 24.3. The number of carbonyl (C=O) groups excluding carboxylic acids is 4. The van der Waals surface area contributed by atoms with E-state index in [1.807, 2.05) is 38.1 Å². The number of pyridine rings is 1. The lowest BCUT2D eigenvalue weighted by atomic mass is 9.78. The lowest BCUT2D eigenvalue weighted by Crippen LogP contribution is -2.59. The number of aromatic nitrogens is 3. The number of hydrogen-bond donors (Lipinski definition) is 3. The molecular formula is C49H60ClN11O6. The molecule has 2 aromatic carbocycles. The standard InChI is InChI=1S/C49H60ClN11O6/c1-30(2)61-39-7-4-34(20-32(39)22-41(47(61)66)67-26-43(63)51-3)53-44-38(50)23-52-48(55-44)58-17-12-35(13-18-58)59-19-14-49(29-59)27-56(28-49)24-31-10-15-57(16-11-31)36-5-6-37-33(21-36)25-60(46(37)65)40-8-9-42(62)54-45(40)64/h4-7,20-23,30-31,35,40H,8-19,24-29H2,1-3H3,(H,51,63)(H,52,53,55)(H,54,62,64). The van der Waals surface area contributed by atoms with Crippen molar-refractivity contribution < 1.29 is 23.9 Å². The first-order chi connectivity index (χ1) is 32.3. The van der Waals surface area contributed by atoms with Crippen LogP contribution in [0.5, 0.6) is 5.75 Å². The van der Waals surface area contributed by atoms with Crippen LogP contribution in [0.1, 0.15) is 80.8 Å². The Morgan fingerprint density at radius 1 is 0.940 bits per heavy atom. The third-order valence-electron chi connectivity index (χ3n) is 15.0. The van der Waals surface area contributed by atoms with Crippen LogP contribution in [0.15, 0.2) is 53.5 Å². The van der Waals surface area contributed by atoms with Crippen molar-refractivity contribution >= 4 is 69.3 Å². The number of imide groups is 1. The molecule has 0 radical (unpaired) electrons. The predicted molar refractivity (Wildman–Crippen MR) is 256 cm³/mol. The van der Waals surface area contributed by atoms with Crippen molar-refractivity contribution in [2.45, 2.75) is 83.5 Å². The molecule has 1 spiro atoms. The van der Waals surface area contributed by atoms with Gasteiger partial charge in [-0.2, -0.15) is 4.98 Å². The summed E-state index contributed by atoms with van der Waals surface area (Å²) >= 11 is 6.65. The molecule has 67 heavy (non-hydrogen) atoms. The molecule has 5 saturated heterocycles. The zero-order valence-corrected chi connectivity index (χ0v) is 39.3. The van der Waals surface area contributed by atoms with E-state index in [1.165, 1.54) is 33.1 Å². The van der Waals surface area contributed by atoms with E-state index in [0.29, 0.717) is 52.7 Å². The molecule has 4 amide bonds. The van der Waals surface area contributed by atoms with E-state index in [9.17, 15) is 24.0 Å². The number of likely N-dealkylation sites (tertiary alicyclic amines) is 2. The van der Waals surface area contributed by atoms with Crippen LogP contribution in [-0.4, -0.2) is 138 Å². The van der Waals surface area contributed by atoms with E-state index in [2.05, 4.69) is 52.7 Å². The Bertz CT molecular complexity index is 2650. The summed E-state index contributed by atoms with van der Waals surface area (Å²) in [6.07, 6.45) is 7.93. The Morgan fingerprint density at radius 3 is 2.46 bits per heavy atom. The average molecular weight is 935 g/mol. The highest BCUT2D eigenvalue weighted by molar-refractivity contribution is 6.33. The summed E-state index contributed by atoms with van der Waals surface area (Å²) in [5.41, 5.74) is 4.35. The minimum Gasteiger partial charge on any atom is -0.478 e. The number of nitrogens with one attached hydrogen (secondary N) is 3. The molecule has 5 fully saturated rings.